The number of piperidine rings is 1. The number of rotatable bonds is 3. The minimum absolute atomic E-state index is 0.120. The lowest BCUT2D eigenvalue weighted by atomic mass is 9.76. The zero-order chi connectivity index (χ0) is 20.9. The third-order valence-corrected chi connectivity index (χ3v) is 4.80. The van der Waals surface area contributed by atoms with Gasteiger partial charge in [0, 0.05) is 12.5 Å². The second-order valence-electron chi connectivity index (χ2n) is 6.38. The number of carbonyl (C=O) groups is 3. The van der Waals surface area contributed by atoms with Crippen molar-refractivity contribution in [3.05, 3.63) is 16.4 Å². The van der Waals surface area contributed by atoms with E-state index in [1.807, 2.05) is 0 Å². The minimum Gasteiger partial charge on any atom is -0.475 e. The van der Waals surface area contributed by atoms with E-state index in [4.69, 9.17) is 14.6 Å². The van der Waals surface area contributed by atoms with E-state index in [0.29, 0.717) is 23.3 Å². The number of carboxylic acid groups (broad SMARTS) is 1. The van der Waals surface area contributed by atoms with Crippen molar-refractivity contribution in [1.29, 1.82) is 0 Å². The smallest absolute Gasteiger partial charge is 0.475 e. The van der Waals surface area contributed by atoms with E-state index < -0.39 is 12.1 Å². The number of amides is 1. The summed E-state index contributed by atoms with van der Waals surface area (Å²) in [7, 11) is 0. The first-order valence-corrected chi connectivity index (χ1v) is 9.04. The van der Waals surface area contributed by atoms with E-state index >= 15 is 0 Å². The maximum Gasteiger partial charge on any atom is 0.490 e. The molecular formula is C15H18BrF3N4O5. The Labute approximate surface area is 165 Å². The van der Waals surface area contributed by atoms with Crippen LogP contribution in [0.25, 0.3) is 0 Å². The molecule has 156 valence electrons. The van der Waals surface area contributed by atoms with E-state index in [0.717, 1.165) is 25.9 Å². The average Bonchev–Trinajstić information content (AvgIpc) is 3.18. The number of hydrogen-bond donors (Lipinski definition) is 4. The first kappa shape index (κ1) is 22.1. The molecule has 1 unspecified atom stereocenters. The van der Waals surface area contributed by atoms with Crippen LogP contribution in [-0.2, 0) is 14.3 Å². The third-order valence-electron chi connectivity index (χ3n) is 4.40. The number of halogens is 4. The Balaban J connectivity index is 0.000000345. The highest BCUT2D eigenvalue weighted by atomic mass is 79.9. The van der Waals surface area contributed by atoms with Crippen LogP contribution in [0.3, 0.4) is 0 Å². The van der Waals surface area contributed by atoms with Crippen LogP contribution in [0.4, 0.5) is 13.2 Å². The zero-order valence-corrected chi connectivity index (χ0v) is 16.0. The average molecular weight is 471 g/mol. The van der Waals surface area contributed by atoms with E-state index in [1.165, 1.54) is 0 Å². The fraction of sp³-hybridized carbons (Fsp3) is 0.600. The van der Waals surface area contributed by atoms with Crippen molar-refractivity contribution in [2.75, 3.05) is 19.6 Å². The molecule has 3 heterocycles. The highest BCUT2D eigenvalue weighted by Crippen LogP contribution is 2.41. The van der Waals surface area contributed by atoms with Crippen molar-refractivity contribution >= 4 is 33.8 Å². The Kier molecular flexibility index (Phi) is 7.04. The van der Waals surface area contributed by atoms with Gasteiger partial charge in [-0.25, -0.2) is 4.79 Å². The number of aromatic amines is 1. The number of carboxylic acids is 1. The van der Waals surface area contributed by atoms with Crippen molar-refractivity contribution in [3.63, 3.8) is 0 Å². The molecule has 3 rings (SSSR count). The fourth-order valence-corrected chi connectivity index (χ4v) is 3.28. The number of nitrogens with zero attached hydrogens (tertiary/aromatic N) is 1. The van der Waals surface area contributed by atoms with Gasteiger partial charge in [-0.2, -0.15) is 18.3 Å². The molecule has 2 aliphatic heterocycles. The van der Waals surface area contributed by atoms with E-state index in [2.05, 4.69) is 36.8 Å². The summed E-state index contributed by atoms with van der Waals surface area (Å²) in [5.74, 6) is -3.16. The van der Waals surface area contributed by atoms with Gasteiger partial charge in [-0.05, 0) is 41.9 Å². The molecule has 0 radical (unpaired) electrons. The zero-order valence-electron chi connectivity index (χ0n) is 14.4. The lowest BCUT2D eigenvalue weighted by molar-refractivity contribution is -0.192. The molecule has 13 heteroatoms. The standard InChI is InChI=1S/C13H17BrN4O3.C2HF3O2/c14-10-5-9(17-18-10)11(19)16-7-8-6-13(12(20)21-8)1-3-15-4-2-13;3-2(4,5)1(6)7/h5,8,15H,1-4,6-7H2,(H,16,19)(H,17,18);(H,6,7). The van der Waals surface area contributed by atoms with Gasteiger partial charge >= 0.3 is 18.1 Å². The van der Waals surface area contributed by atoms with Crippen LogP contribution in [0.1, 0.15) is 29.8 Å². The summed E-state index contributed by atoms with van der Waals surface area (Å²) in [4.78, 5) is 32.9. The Morgan fingerprint density at radius 1 is 1.39 bits per heavy atom. The van der Waals surface area contributed by atoms with Gasteiger partial charge < -0.3 is 20.5 Å². The van der Waals surface area contributed by atoms with Crippen LogP contribution in [0, 0.1) is 5.41 Å². The topological polar surface area (TPSA) is 133 Å². The van der Waals surface area contributed by atoms with Crippen molar-refractivity contribution in [2.45, 2.75) is 31.5 Å². The van der Waals surface area contributed by atoms with Gasteiger partial charge in [-0.1, -0.05) is 0 Å². The number of nitrogens with one attached hydrogen (secondary N) is 3. The molecule has 1 atom stereocenters. The van der Waals surface area contributed by atoms with Gasteiger partial charge in [-0.3, -0.25) is 14.7 Å². The molecule has 1 spiro atoms. The summed E-state index contributed by atoms with van der Waals surface area (Å²) in [6.07, 6.45) is -3.04. The molecule has 2 fully saturated rings. The molecule has 2 saturated heterocycles. The van der Waals surface area contributed by atoms with E-state index in [-0.39, 0.29) is 23.4 Å². The van der Waals surface area contributed by atoms with Crippen LogP contribution in [0.15, 0.2) is 10.7 Å². The number of hydrogen-bond acceptors (Lipinski definition) is 6. The van der Waals surface area contributed by atoms with Gasteiger partial charge in [0.15, 0.2) is 5.69 Å². The van der Waals surface area contributed by atoms with Gasteiger partial charge in [-0.15, -0.1) is 0 Å². The Morgan fingerprint density at radius 3 is 2.50 bits per heavy atom. The Morgan fingerprint density at radius 2 is 2.00 bits per heavy atom. The van der Waals surface area contributed by atoms with Gasteiger partial charge in [0.25, 0.3) is 5.91 Å². The summed E-state index contributed by atoms with van der Waals surface area (Å²) < 4.78 is 37.8. The summed E-state index contributed by atoms with van der Waals surface area (Å²) >= 11 is 3.20. The SMILES string of the molecule is O=C(NCC1CC2(CCNCC2)C(=O)O1)c1cc(Br)[nH]n1.O=C(O)C(F)(F)F. The van der Waals surface area contributed by atoms with Gasteiger partial charge in [0.05, 0.1) is 12.0 Å². The van der Waals surface area contributed by atoms with E-state index in [9.17, 15) is 22.8 Å². The molecule has 28 heavy (non-hydrogen) atoms. The predicted molar refractivity (Wildman–Crippen MR) is 91.3 cm³/mol. The Bertz CT molecular complexity index is 734. The Hall–Kier alpha value is -2.15. The van der Waals surface area contributed by atoms with Crippen molar-refractivity contribution in [1.82, 2.24) is 20.8 Å². The van der Waals surface area contributed by atoms with Crippen molar-refractivity contribution in [3.8, 4) is 0 Å². The first-order chi connectivity index (χ1) is 13.0. The molecule has 4 N–H and O–H groups in total. The normalized spacial score (nSPS) is 20.9. The third kappa shape index (κ3) is 5.67. The maximum absolute atomic E-state index is 12.1. The number of alkyl halides is 3. The summed E-state index contributed by atoms with van der Waals surface area (Å²) in [5, 5.41) is 19.6. The summed E-state index contributed by atoms with van der Waals surface area (Å²) in [6.45, 7) is 2.01. The largest absolute Gasteiger partial charge is 0.490 e. The predicted octanol–water partition coefficient (Wildman–Crippen LogP) is 1.22. The minimum atomic E-state index is -5.08. The molecular weight excluding hydrogens is 453 g/mol. The molecule has 1 amide bonds. The number of aliphatic carboxylic acids is 1. The number of cyclic esters (lactones) is 1. The fourth-order valence-electron chi connectivity index (χ4n) is 2.98. The number of H-pyrrole nitrogens is 1. The van der Waals surface area contributed by atoms with Crippen LogP contribution in [-0.4, -0.2) is 65.1 Å². The lowest BCUT2D eigenvalue weighted by Crippen LogP contribution is -2.39. The molecule has 0 bridgehead atoms. The summed E-state index contributed by atoms with van der Waals surface area (Å²) in [6, 6.07) is 1.60. The number of aromatic nitrogens is 2. The van der Waals surface area contributed by atoms with Crippen LogP contribution in [0.5, 0.6) is 0 Å². The highest BCUT2D eigenvalue weighted by molar-refractivity contribution is 9.10. The highest BCUT2D eigenvalue weighted by Gasteiger charge is 2.49. The van der Waals surface area contributed by atoms with Crippen LogP contribution in [0.2, 0.25) is 0 Å². The molecule has 1 aromatic heterocycles. The van der Waals surface area contributed by atoms with Crippen LogP contribution >= 0.6 is 15.9 Å². The maximum atomic E-state index is 12.1. The first-order valence-electron chi connectivity index (χ1n) is 8.24. The molecule has 9 nitrogen and oxygen atoms in total. The van der Waals surface area contributed by atoms with Crippen molar-refractivity contribution < 1.29 is 37.4 Å². The number of carbonyl (C=O) groups excluding carboxylic acids is 2. The van der Waals surface area contributed by atoms with Crippen molar-refractivity contribution in [2.24, 2.45) is 5.41 Å². The van der Waals surface area contributed by atoms with Gasteiger partial charge in [0.1, 0.15) is 10.7 Å². The molecule has 0 saturated carbocycles. The lowest BCUT2D eigenvalue weighted by Gasteiger charge is -2.29. The second-order valence-corrected chi connectivity index (χ2v) is 7.23. The number of esters is 1. The number of ether oxygens (including phenoxy) is 1. The summed E-state index contributed by atoms with van der Waals surface area (Å²) in [5.41, 5.74) is -0.0431. The molecule has 1 aromatic rings. The molecule has 0 aromatic carbocycles. The quantitative estimate of drug-likeness (QED) is 0.488. The van der Waals surface area contributed by atoms with Crippen LogP contribution < -0.4 is 10.6 Å². The molecule has 0 aliphatic carbocycles. The second kappa shape index (κ2) is 8.90. The van der Waals surface area contributed by atoms with E-state index in [1.54, 1.807) is 6.07 Å². The van der Waals surface area contributed by atoms with Gasteiger partial charge in [0.2, 0.25) is 0 Å². The monoisotopic (exact) mass is 470 g/mol. The molecule has 2 aliphatic rings.